The fourth-order valence-corrected chi connectivity index (χ4v) is 0. The van der Waals surface area contributed by atoms with Crippen molar-refractivity contribution < 1.29 is 5.11 Å². The van der Waals surface area contributed by atoms with Gasteiger partial charge in [0.2, 0.25) is 0 Å². The molecule has 0 unspecified atom stereocenters. The van der Waals surface area contributed by atoms with Crippen molar-refractivity contribution in [3.8, 4) is 0 Å². The van der Waals surface area contributed by atoms with Crippen LogP contribution in [0.15, 0.2) is 0 Å². The molecule has 3 N–H and O–H groups in total. The Balaban J connectivity index is 0. The Labute approximate surface area is 57.6 Å². The van der Waals surface area contributed by atoms with Crippen LogP contribution in [0.3, 0.4) is 0 Å². The molecule has 26 valence electrons. The Hall–Kier alpha value is 0.690. The minimum absolute atomic E-state index is 0. The Morgan fingerprint density at radius 2 is 1.80 bits per heavy atom. The van der Waals surface area contributed by atoms with E-state index in [0.717, 1.165) is 0 Å². The predicted octanol–water partition coefficient (Wildman–Crippen LogP) is -0.861. The zero-order valence-electron chi connectivity index (χ0n) is 1.93. The molecule has 0 aliphatic rings. The summed E-state index contributed by atoms with van der Waals surface area (Å²) >= 11 is 3.87. The molecule has 0 fully saturated rings. The van der Waals surface area contributed by atoms with Crippen LogP contribution >= 0.6 is 12.2 Å². The van der Waals surface area contributed by atoms with E-state index in [0.29, 0.717) is 0 Å². The van der Waals surface area contributed by atoms with Gasteiger partial charge in [-0.25, -0.2) is 0 Å². The molecule has 4 heteroatoms. The summed E-state index contributed by atoms with van der Waals surface area (Å²) in [5.74, 6) is 0. The van der Waals surface area contributed by atoms with Crippen molar-refractivity contribution >= 4 is 46.9 Å². The van der Waals surface area contributed by atoms with Gasteiger partial charge in [0.1, 0.15) is 0 Å². The van der Waals surface area contributed by atoms with Crippen LogP contribution in [0.25, 0.3) is 0 Å². The maximum absolute atomic E-state index is 7.56. The second-order valence-corrected chi connectivity index (χ2v) is 0.757. The third-order valence-electron chi connectivity index (χ3n) is 0. The summed E-state index contributed by atoms with van der Waals surface area (Å²) < 4.78 is 0. The molecule has 0 amide bonds. The van der Waals surface area contributed by atoms with Crippen LogP contribution in [-0.4, -0.2) is 39.8 Å². The molecule has 2 nitrogen and oxygen atoms in total. The van der Waals surface area contributed by atoms with Gasteiger partial charge in [0.15, 0.2) is 0 Å². The number of aliphatic hydroxyl groups excluding tert-OH is 1. The number of rotatable bonds is 0. The van der Waals surface area contributed by atoms with Gasteiger partial charge in [-0.3, -0.25) is 0 Å². The normalized spacial score (nSPS) is 4.80. The Morgan fingerprint density at radius 3 is 1.80 bits per heavy atom. The summed E-state index contributed by atoms with van der Waals surface area (Å²) in [6.45, 7) is 0. The van der Waals surface area contributed by atoms with E-state index in [1.807, 2.05) is 0 Å². The van der Waals surface area contributed by atoms with Crippen molar-refractivity contribution in [3.63, 3.8) is 0 Å². The topological polar surface area (TPSA) is 46.2 Å². The van der Waals surface area contributed by atoms with Crippen molar-refractivity contribution in [2.45, 2.75) is 0 Å². The molecule has 0 aliphatic carbocycles. The average Bonchev–Trinajstić information content (AvgIpc) is 0.811. The van der Waals surface area contributed by atoms with Gasteiger partial charge in [0.25, 0.3) is 5.17 Å². The second kappa shape index (κ2) is 4.69. The third-order valence-corrected chi connectivity index (χ3v) is 0. The zero-order valence-corrected chi connectivity index (χ0v) is 2.75. The van der Waals surface area contributed by atoms with Gasteiger partial charge in [-0.15, -0.1) is 0 Å². The molecule has 5 heavy (non-hydrogen) atoms. The number of hydrogen-bond acceptors (Lipinski definition) is 1. The van der Waals surface area contributed by atoms with Crippen LogP contribution in [0, 0.1) is 0 Å². The van der Waals surface area contributed by atoms with Crippen LogP contribution in [-0.2, 0) is 0 Å². The second-order valence-electron chi connectivity index (χ2n) is 0.338. The van der Waals surface area contributed by atoms with Gasteiger partial charge < -0.3 is 10.8 Å². The van der Waals surface area contributed by atoms with Crippen molar-refractivity contribution in [3.05, 3.63) is 0 Å². The van der Waals surface area contributed by atoms with E-state index >= 15 is 0 Å². The van der Waals surface area contributed by atoms with Gasteiger partial charge >= 0.3 is 29.6 Å². The van der Waals surface area contributed by atoms with E-state index in [1.54, 1.807) is 0 Å². The molecule has 0 aromatic carbocycles. The summed E-state index contributed by atoms with van der Waals surface area (Å²) in [5, 5.41) is 7.06. The maximum atomic E-state index is 7.56. The Morgan fingerprint density at radius 1 is 1.80 bits per heavy atom. The van der Waals surface area contributed by atoms with Gasteiger partial charge in [-0.05, 0) is 12.2 Å². The molecule has 0 rings (SSSR count). The summed E-state index contributed by atoms with van der Waals surface area (Å²) in [5.41, 5.74) is 4.40. The van der Waals surface area contributed by atoms with E-state index in [1.165, 1.54) is 0 Å². The van der Waals surface area contributed by atoms with Crippen LogP contribution in [0.5, 0.6) is 0 Å². The molecule has 0 aromatic heterocycles. The molecule has 0 atom stereocenters. The predicted molar refractivity (Wildman–Crippen MR) is 26.6 cm³/mol. The first-order chi connectivity index (χ1) is 1.73. The van der Waals surface area contributed by atoms with Crippen molar-refractivity contribution in [2.24, 2.45) is 5.73 Å². The van der Waals surface area contributed by atoms with E-state index in [9.17, 15) is 0 Å². The fraction of sp³-hybridized carbons (Fsp3) is 0. The molecular weight excluding hydrogens is 97.1 g/mol. The van der Waals surface area contributed by atoms with E-state index in [-0.39, 0.29) is 29.6 Å². The molecule has 0 radical (unpaired) electrons. The van der Waals surface area contributed by atoms with Crippen LogP contribution < -0.4 is 5.73 Å². The Bertz CT molecular complexity index is 34.6. The molecule has 0 heterocycles. The van der Waals surface area contributed by atoms with Crippen molar-refractivity contribution in [1.29, 1.82) is 0 Å². The quantitative estimate of drug-likeness (QED) is 0.308. The van der Waals surface area contributed by atoms with Crippen LogP contribution in [0.4, 0.5) is 0 Å². The van der Waals surface area contributed by atoms with Crippen molar-refractivity contribution in [1.82, 2.24) is 0 Å². The first-order valence-electron chi connectivity index (χ1n) is 0.716. The molecule has 0 aliphatic heterocycles. The average molecular weight is 101 g/mol. The number of hydrogen-bond donors (Lipinski definition) is 2. The molecule has 0 saturated heterocycles. The number of aliphatic hydroxyl groups is 1. The van der Waals surface area contributed by atoms with Crippen LogP contribution in [0.2, 0.25) is 0 Å². The van der Waals surface area contributed by atoms with Gasteiger partial charge in [-0.1, -0.05) is 0 Å². The van der Waals surface area contributed by atoms with E-state index < -0.39 is 5.17 Å². The number of thiocarbonyl (C=S) groups is 1. The zero-order chi connectivity index (χ0) is 3.58. The standard InChI is InChI=1S/CH3NOS.Na.H/c2-1(3)4;;/h(H3,2,3,4);;. The SMILES string of the molecule is NC(O)=S.[NaH]. The van der Waals surface area contributed by atoms with Gasteiger partial charge in [0, 0.05) is 0 Å². The fourth-order valence-electron chi connectivity index (χ4n) is 0. The molecule has 0 bridgehead atoms. The first kappa shape index (κ1) is 9.19. The van der Waals surface area contributed by atoms with E-state index in [2.05, 4.69) is 18.0 Å². The minimum atomic E-state index is -0.500. The summed E-state index contributed by atoms with van der Waals surface area (Å²) in [6, 6.07) is 0. The third kappa shape index (κ3) is 71.3. The molecule has 0 aromatic rings. The van der Waals surface area contributed by atoms with Crippen LogP contribution in [0.1, 0.15) is 0 Å². The molecule has 0 spiro atoms. The summed E-state index contributed by atoms with van der Waals surface area (Å²) in [4.78, 5) is 0. The summed E-state index contributed by atoms with van der Waals surface area (Å²) in [6.07, 6.45) is 0. The Kier molecular flexibility index (Phi) is 8.62. The van der Waals surface area contributed by atoms with Gasteiger partial charge in [0.05, 0.1) is 0 Å². The molecule has 0 saturated carbocycles. The molecular formula is CH4NNaOS. The van der Waals surface area contributed by atoms with Crippen molar-refractivity contribution in [2.75, 3.05) is 0 Å². The van der Waals surface area contributed by atoms with Gasteiger partial charge in [-0.2, -0.15) is 0 Å². The monoisotopic (exact) mass is 101 g/mol. The number of nitrogens with two attached hydrogens (primary N) is 1. The summed E-state index contributed by atoms with van der Waals surface area (Å²) in [7, 11) is 0. The van der Waals surface area contributed by atoms with E-state index in [4.69, 9.17) is 5.11 Å². The first-order valence-corrected chi connectivity index (χ1v) is 1.12.